The number of halogens is 1. The monoisotopic (exact) mass is 380 g/mol. The highest BCUT2D eigenvalue weighted by Gasteiger charge is 2.16. The van der Waals surface area contributed by atoms with Crippen LogP contribution in [0.15, 0.2) is 60.0 Å². The molecule has 0 bridgehead atoms. The van der Waals surface area contributed by atoms with Crippen molar-refractivity contribution in [2.45, 2.75) is 4.90 Å². The van der Waals surface area contributed by atoms with Crippen LogP contribution in [0.1, 0.15) is 10.4 Å². The minimum absolute atomic E-state index is 0.0703. The Morgan fingerprint density at radius 2 is 1.92 bits per heavy atom. The molecule has 0 spiro atoms. The molecule has 25 heavy (non-hydrogen) atoms. The van der Waals surface area contributed by atoms with Gasteiger partial charge >= 0.3 is 0 Å². The molecule has 2 N–H and O–H groups in total. The second-order valence-corrected chi connectivity index (χ2v) is 7.06. The van der Waals surface area contributed by atoms with Crippen molar-refractivity contribution in [3.63, 3.8) is 0 Å². The van der Waals surface area contributed by atoms with Crippen LogP contribution in [0.2, 0.25) is 5.02 Å². The maximum Gasteiger partial charge on any atom is 0.261 e. The second kappa shape index (κ2) is 8.04. The molecule has 0 aromatic heterocycles. The normalized spacial score (nSPS) is 10.8. The van der Waals surface area contributed by atoms with Crippen molar-refractivity contribution in [2.24, 2.45) is 0 Å². The van der Waals surface area contributed by atoms with Gasteiger partial charge in [0, 0.05) is 12.2 Å². The van der Waals surface area contributed by atoms with Crippen LogP contribution in [-0.2, 0) is 10.0 Å². The number of ether oxygens (including phenoxy) is 1. The van der Waals surface area contributed by atoms with Crippen LogP contribution in [0.3, 0.4) is 0 Å². The molecule has 0 aliphatic rings. The number of rotatable bonds is 7. The fourth-order valence-electron chi connectivity index (χ4n) is 1.99. The Bertz CT molecular complexity index is 880. The van der Waals surface area contributed by atoms with Gasteiger partial charge in [0.1, 0.15) is 5.75 Å². The van der Waals surface area contributed by atoms with Crippen LogP contribution in [0.25, 0.3) is 0 Å². The van der Waals surface area contributed by atoms with E-state index in [2.05, 4.69) is 16.6 Å². The molecule has 6 nitrogen and oxygen atoms in total. The van der Waals surface area contributed by atoms with Crippen LogP contribution in [0.4, 0.5) is 5.69 Å². The van der Waals surface area contributed by atoms with E-state index in [9.17, 15) is 13.2 Å². The molecule has 2 aromatic rings. The number of sulfonamides is 1. The van der Waals surface area contributed by atoms with Crippen molar-refractivity contribution in [1.82, 2.24) is 5.32 Å². The van der Waals surface area contributed by atoms with Crippen molar-refractivity contribution in [2.75, 3.05) is 18.4 Å². The Morgan fingerprint density at radius 3 is 2.52 bits per heavy atom. The molecule has 8 heteroatoms. The van der Waals surface area contributed by atoms with Gasteiger partial charge in [-0.05, 0) is 42.5 Å². The zero-order chi connectivity index (χ0) is 18.4. The van der Waals surface area contributed by atoms with E-state index in [1.165, 1.54) is 43.5 Å². The molecule has 0 aliphatic carbocycles. The Labute approximate surface area is 151 Å². The van der Waals surface area contributed by atoms with E-state index in [0.717, 1.165) is 0 Å². The highest BCUT2D eigenvalue weighted by molar-refractivity contribution is 7.92. The van der Waals surface area contributed by atoms with Gasteiger partial charge in [0.05, 0.1) is 22.6 Å². The first-order valence-corrected chi connectivity index (χ1v) is 9.09. The van der Waals surface area contributed by atoms with Gasteiger partial charge in [-0.15, -0.1) is 6.58 Å². The fourth-order valence-corrected chi connectivity index (χ4v) is 3.24. The lowest BCUT2D eigenvalue weighted by Gasteiger charge is -2.11. The highest BCUT2D eigenvalue weighted by atomic mass is 35.5. The van der Waals surface area contributed by atoms with E-state index < -0.39 is 15.9 Å². The van der Waals surface area contributed by atoms with Gasteiger partial charge in [0.2, 0.25) is 0 Å². The van der Waals surface area contributed by atoms with Gasteiger partial charge in [-0.1, -0.05) is 17.7 Å². The molecule has 0 radical (unpaired) electrons. The summed E-state index contributed by atoms with van der Waals surface area (Å²) in [4.78, 5) is 12.1. The molecule has 2 rings (SSSR count). The Balaban J connectivity index is 2.26. The number of anilines is 1. The fraction of sp³-hybridized carbons (Fsp3) is 0.118. The van der Waals surface area contributed by atoms with Gasteiger partial charge in [-0.2, -0.15) is 0 Å². The predicted octanol–water partition coefficient (Wildman–Crippen LogP) is 3.07. The maximum atomic E-state index is 12.4. The SMILES string of the molecule is C=CCNC(=O)c1cc(NS(=O)(=O)c2ccc(OC)cc2)ccc1Cl. The molecule has 0 atom stereocenters. The lowest BCUT2D eigenvalue weighted by molar-refractivity contribution is 0.0958. The average Bonchev–Trinajstić information content (AvgIpc) is 2.61. The van der Waals surface area contributed by atoms with Gasteiger partial charge in [-0.3, -0.25) is 9.52 Å². The number of amides is 1. The summed E-state index contributed by atoms with van der Waals surface area (Å²) in [6.07, 6.45) is 1.53. The van der Waals surface area contributed by atoms with Gasteiger partial charge < -0.3 is 10.1 Å². The lowest BCUT2D eigenvalue weighted by Crippen LogP contribution is -2.23. The number of benzene rings is 2. The van der Waals surface area contributed by atoms with Gasteiger partial charge in [0.15, 0.2) is 0 Å². The summed E-state index contributed by atoms with van der Waals surface area (Å²) in [5.41, 5.74) is 0.391. The lowest BCUT2D eigenvalue weighted by atomic mass is 10.2. The Morgan fingerprint density at radius 1 is 1.24 bits per heavy atom. The summed E-state index contributed by atoms with van der Waals surface area (Å²) in [6.45, 7) is 3.79. The van der Waals surface area contributed by atoms with E-state index in [1.807, 2.05) is 0 Å². The van der Waals surface area contributed by atoms with Crippen LogP contribution in [-0.4, -0.2) is 28.0 Å². The van der Waals surface area contributed by atoms with Crippen LogP contribution >= 0.6 is 11.6 Å². The summed E-state index contributed by atoms with van der Waals surface area (Å²) >= 11 is 6.01. The number of carbonyl (C=O) groups excluding carboxylic acids is 1. The molecule has 132 valence electrons. The van der Waals surface area contributed by atoms with E-state index in [-0.39, 0.29) is 27.7 Å². The molecule has 0 aliphatic heterocycles. The first kappa shape index (κ1) is 18.8. The van der Waals surface area contributed by atoms with Gasteiger partial charge in [-0.25, -0.2) is 8.42 Å². The zero-order valence-corrected chi connectivity index (χ0v) is 15.0. The number of hydrogen-bond acceptors (Lipinski definition) is 4. The average molecular weight is 381 g/mol. The molecule has 2 aromatic carbocycles. The van der Waals surface area contributed by atoms with Crippen LogP contribution in [0, 0.1) is 0 Å². The molecule has 0 saturated heterocycles. The smallest absolute Gasteiger partial charge is 0.261 e. The van der Waals surface area contributed by atoms with E-state index in [0.29, 0.717) is 5.75 Å². The topological polar surface area (TPSA) is 84.5 Å². The molecular formula is C17H17ClN2O4S. The third-order valence-corrected chi connectivity index (χ3v) is 4.97. The van der Waals surface area contributed by atoms with Crippen molar-refractivity contribution in [3.05, 3.63) is 65.7 Å². The standard InChI is InChI=1S/C17H17ClN2O4S/c1-3-10-19-17(21)15-11-12(4-9-16(15)18)20-25(22,23)14-7-5-13(24-2)6-8-14/h3-9,11,20H,1,10H2,2H3,(H,19,21). The summed E-state index contributed by atoms with van der Waals surface area (Å²) < 4.78 is 32.3. The van der Waals surface area contributed by atoms with E-state index >= 15 is 0 Å². The molecular weight excluding hydrogens is 364 g/mol. The molecule has 0 unspecified atom stereocenters. The second-order valence-electron chi connectivity index (χ2n) is 4.97. The maximum absolute atomic E-state index is 12.4. The number of nitrogens with one attached hydrogen (secondary N) is 2. The van der Waals surface area contributed by atoms with Crippen molar-refractivity contribution < 1.29 is 17.9 Å². The minimum Gasteiger partial charge on any atom is -0.497 e. The Hall–Kier alpha value is -2.51. The highest BCUT2D eigenvalue weighted by Crippen LogP contribution is 2.23. The Kier molecular flexibility index (Phi) is 6.06. The number of hydrogen-bond donors (Lipinski definition) is 2. The largest absolute Gasteiger partial charge is 0.497 e. The first-order chi connectivity index (χ1) is 11.9. The van der Waals surface area contributed by atoms with Crippen molar-refractivity contribution in [3.8, 4) is 5.75 Å². The third-order valence-electron chi connectivity index (χ3n) is 3.24. The van der Waals surface area contributed by atoms with Crippen molar-refractivity contribution in [1.29, 1.82) is 0 Å². The van der Waals surface area contributed by atoms with Crippen LogP contribution in [0.5, 0.6) is 5.75 Å². The van der Waals surface area contributed by atoms with Gasteiger partial charge in [0.25, 0.3) is 15.9 Å². The predicted molar refractivity (Wildman–Crippen MR) is 97.8 cm³/mol. The quantitative estimate of drug-likeness (QED) is 0.723. The number of methoxy groups -OCH3 is 1. The molecule has 0 heterocycles. The van der Waals surface area contributed by atoms with E-state index in [4.69, 9.17) is 16.3 Å². The number of carbonyl (C=O) groups is 1. The molecule has 1 amide bonds. The third kappa shape index (κ3) is 4.74. The first-order valence-electron chi connectivity index (χ1n) is 7.23. The summed E-state index contributed by atoms with van der Waals surface area (Å²) in [6, 6.07) is 10.3. The minimum atomic E-state index is -3.81. The zero-order valence-electron chi connectivity index (χ0n) is 13.5. The summed E-state index contributed by atoms with van der Waals surface area (Å²) in [5.74, 6) is 0.127. The van der Waals surface area contributed by atoms with E-state index in [1.54, 1.807) is 12.1 Å². The van der Waals surface area contributed by atoms with Crippen molar-refractivity contribution >= 4 is 33.2 Å². The summed E-state index contributed by atoms with van der Waals surface area (Å²) in [5, 5.41) is 2.81. The molecule has 0 fully saturated rings. The molecule has 0 saturated carbocycles. The van der Waals surface area contributed by atoms with Crippen LogP contribution < -0.4 is 14.8 Å². The summed E-state index contributed by atoms with van der Waals surface area (Å²) in [7, 11) is -2.31.